The zero-order chi connectivity index (χ0) is 19.9. The van der Waals surface area contributed by atoms with Crippen molar-refractivity contribution >= 4 is 17.5 Å². The van der Waals surface area contributed by atoms with E-state index in [4.69, 9.17) is 4.74 Å². The lowest BCUT2D eigenvalue weighted by Gasteiger charge is -2.36. The number of ether oxygens (including phenoxy) is 1. The fourth-order valence-corrected chi connectivity index (χ4v) is 3.08. The van der Waals surface area contributed by atoms with Gasteiger partial charge in [0, 0.05) is 51.6 Å². The number of anilines is 1. The first kappa shape index (κ1) is 19.8. The first-order chi connectivity index (χ1) is 13.6. The van der Waals surface area contributed by atoms with Gasteiger partial charge in [-0.3, -0.25) is 14.6 Å². The van der Waals surface area contributed by atoms with Crippen LogP contribution in [-0.4, -0.2) is 68.1 Å². The minimum absolute atomic E-state index is 0.221. The molecule has 28 heavy (non-hydrogen) atoms. The molecule has 0 bridgehead atoms. The van der Waals surface area contributed by atoms with Gasteiger partial charge in [0.2, 0.25) is 0 Å². The molecule has 1 aromatic heterocycles. The summed E-state index contributed by atoms with van der Waals surface area (Å²) in [5.41, 5.74) is 1.14. The highest BCUT2D eigenvalue weighted by atomic mass is 19.1. The maximum absolute atomic E-state index is 13.9. The molecule has 1 fully saturated rings. The van der Waals surface area contributed by atoms with E-state index in [9.17, 15) is 14.0 Å². The molecule has 8 heteroatoms. The van der Waals surface area contributed by atoms with Crippen LogP contribution in [0.4, 0.5) is 10.1 Å². The fraction of sp³-hybridized carbons (Fsp3) is 0.350. The van der Waals surface area contributed by atoms with E-state index in [1.807, 2.05) is 4.90 Å². The smallest absolute Gasteiger partial charge is 0.272 e. The average Bonchev–Trinajstić information content (AvgIpc) is 2.74. The first-order valence-corrected chi connectivity index (χ1v) is 9.12. The van der Waals surface area contributed by atoms with E-state index >= 15 is 0 Å². The van der Waals surface area contributed by atoms with Crippen LogP contribution < -0.4 is 10.2 Å². The summed E-state index contributed by atoms with van der Waals surface area (Å²) in [4.78, 5) is 32.6. The van der Waals surface area contributed by atoms with Crippen molar-refractivity contribution in [3.8, 4) is 0 Å². The summed E-state index contributed by atoms with van der Waals surface area (Å²) in [6, 6.07) is 9.68. The third kappa shape index (κ3) is 4.64. The van der Waals surface area contributed by atoms with E-state index < -0.39 is 0 Å². The lowest BCUT2D eigenvalue weighted by molar-refractivity contribution is 0.0740. The predicted molar refractivity (Wildman–Crippen MR) is 103 cm³/mol. The van der Waals surface area contributed by atoms with Crippen molar-refractivity contribution in [2.75, 3.05) is 51.3 Å². The van der Waals surface area contributed by atoms with E-state index in [-0.39, 0.29) is 23.3 Å². The Morgan fingerprint density at radius 3 is 2.64 bits per heavy atom. The Labute approximate surface area is 163 Å². The number of carbonyl (C=O) groups is 2. The zero-order valence-corrected chi connectivity index (χ0v) is 15.7. The van der Waals surface area contributed by atoms with Crippen molar-refractivity contribution in [3.05, 3.63) is 59.7 Å². The lowest BCUT2D eigenvalue weighted by atomic mass is 10.2. The van der Waals surface area contributed by atoms with Gasteiger partial charge in [-0.1, -0.05) is 12.1 Å². The van der Waals surface area contributed by atoms with Crippen LogP contribution in [0.1, 0.15) is 20.8 Å². The van der Waals surface area contributed by atoms with Crippen LogP contribution in [0.15, 0.2) is 42.6 Å². The Kier molecular flexibility index (Phi) is 6.54. The summed E-state index contributed by atoms with van der Waals surface area (Å²) in [5, 5.41) is 2.72. The third-order valence-electron chi connectivity index (χ3n) is 4.59. The van der Waals surface area contributed by atoms with E-state index in [0.29, 0.717) is 50.6 Å². The number of methoxy groups -OCH3 is 1. The van der Waals surface area contributed by atoms with Crippen LogP contribution in [0.3, 0.4) is 0 Å². The molecule has 2 heterocycles. The van der Waals surface area contributed by atoms with Gasteiger partial charge in [0.05, 0.1) is 12.3 Å². The topological polar surface area (TPSA) is 74.8 Å². The number of nitrogens with one attached hydrogen (secondary N) is 1. The van der Waals surface area contributed by atoms with Crippen molar-refractivity contribution in [3.63, 3.8) is 0 Å². The van der Waals surface area contributed by atoms with Gasteiger partial charge >= 0.3 is 0 Å². The maximum Gasteiger partial charge on any atom is 0.272 e. The van der Waals surface area contributed by atoms with Gasteiger partial charge in [0.15, 0.2) is 0 Å². The molecule has 148 valence electrons. The monoisotopic (exact) mass is 386 g/mol. The second-order valence-electron chi connectivity index (χ2n) is 6.41. The second kappa shape index (κ2) is 9.27. The molecule has 0 aliphatic carbocycles. The highest BCUT2D eigenvalue weighted by molar-refractivity contribution is 5.98. The fourth-order valence-electron chi connectivity index (χ4n) is 3.08. The Hall–Kier alpha value is -3.00. The number of hydrogen-bond donors (Lipinski definition) is 1. The van der Waals surface area contributed by atoms with Crippen molar-refractivity contribution in [1.29, 1.82) is 0 Å². The zero-order valence-electron chi connectivity index (χ0n) is 15.7. The summed E-state index contributed by atoms with van der Waals surface area (Å²) in [6.07, 6.45) is 1.45. The molecule has 0 spiro atoms. The molecule has 1 aliphatic heterocycles. The van der Waals surface area contributed by atoms with Gasteiger partial charge in [0.25, 0.3) is 11.8 Å². The van der Waals surface area contributed by atoms with E-state index in [2.05, 4.69) is 10.3 Å². The Morgan fingerprint density at radius 1 is 1.18 bits per heavy atom. The summed E-state index contributed by atoms with van der Waals surface area (Å²) >= 11 is 0. The van der Waals surface area contributed by atoms with E-state index in [1.165, 1.54) is 18.3 Å². The normalized spacial score (nSPS) is 14.1. The number of aromatic nitrogens is 1. The number of benzene rings is 1. The number of nitrogens with zero attached hydrogens (tertiary/aromatic N) is 3. The van der Waals surface area contributed by atoms with Crippen LogP contribution in [0.25, 0.3) is 0 Å². The molecule has 2 amide bonds. The van der Waals surface area contributed by atoms with Gasteiger partial charge in [-0.2, -0.15) is 0 Å². The molecule has 0 atom stereocenters. The molecule has 0 radical (unpaired) electrons. The van der Waals surface area contributed by atoms with Crippen molar-refractivity contribution < 1.29 is 18.7 Å². The SMILES string of the molecule is COCCNC(=O)c1ccnc(C(=O)N2CCN(c3ccccc3F)CC2)c1. The molecular weight excluding hydrogens is 363 g/mol. The average molecular weight is 386 g/mol. The maximum atomic E-state index is 13.9. The highest BCUT2D eigenvalue weighted by Crippen LogP contribution is 2.20. The summed E-state index contributed by atoms with van der Waals surface area (Å²) in [5.74, 6) is -0.784. The largest absolute Gasteiger partial charge is 0.383 e. The van der Waals surface area contributed by atoms with Crippen molar-refractivity contribution in [2.45, 2.75) is 0 Å². The second-order valence-corrected chi connectivity index (χ2v) is 6.41. The van der Waals surface area contributed by atoms with Gasteiger partial charge in [-0.05, 0) is 24.3 Å². The van der Waals surface area contributed by atoms with Crippen LogP contribution in [-0.2, 0) is 4.74 Å². The minimum Gasteiger partial charge on any atom is -0.383 e. The number of halogens is 1. The Balaban J connectivity index is 1.61. The van der Waals surface area contributed by atoms with Crippen LogP contribution in [0.2, 0.25) is 0 Å². The van der Waals surface area contributed by atoms with E-state index in [1.54, 1.807) is 36.3 Å². The summed E-state index contributed by atoms with van der Waals surface area (Å²) in [7, 11) is 1.56. The molecular formula is C20H23FN4O3. The molecule has 1 aromatic carbocycles. The molecule has 1 saturated heterocycles. The first-order valence-electron chi connectivity index (χ1n) is 9.12. The third-order valence-corrected chi connectivity index (χ3v) is 4.59. The standard InChI is InChI=1S/C20H23FN4O3/c1-28-13-8-23-19(26)15-6-7-22-17(14-15)20(27)25-11-9-24(10-12-25)18-5-3-2-4-16(18)21/h2-7,14H,8-13H2,1H3,(H,23,26). The number of pyridine rings is 1. The van der Waals surface area contributed by atoms with Gasteiger partial charge in [0.1, 0.15) is 11.5 Å². The Bertz CT molecular complexity index is 838. The molecule has 0 unspecified atom stereocenters. The molecule has 2 aromatic rings. The van der Waals surface area contributed by atoms with Crippen molar-refractivity contribution in [2.24, 2.45) is 0 Å². The van der Waals surface area contributed by atoms with Crippen LogP contribution in [0.5, 0.6) is 0 Å². The van der Waals surface area contributed by atoms with Crippen LogP contribution >= 0.6 is 0 Å². The quantitative estimate of drug-likeness (QED) is 0.763. The number of rotatable bonds is 6. The molecule has 0 saturated carbocycles. The number of carbonyl (C=O) groups excluding carboxylic acids is 2. The van der Waals surface area contributed by atoms with Gasteiger partial charge < -0.3 is 19.9 Å². The number of para-hydroxylation sites is 1. The molecule has 1 N–H and O–H groups in total. The predicted octanol–water partition coefficient (Wildman–Crippen LogP) is 1.56. The van der Waals surface area contributed by atoms with Gasteiger partial charge in [-0.15, -0.1) is 0 Å². The molecule has 7 nitrogen and oxygen atoms in total. The number of hydrogen-bond acceptors (Lipinski definition) is 5. The molecule has 1 aliphatic rings. The summed E-state index contributed by atoms with van der Waals surface area (Å²) in [6.45, 7) is 2.78. The van der Waals surface area contributed by atoms with Crippen molar-refractivity contribution in [1.82, 2.24) is 15.2 Å². The van der Waals surface area contributed by atoms with Gasteiger partial charge in [-0.25, -0.2) is 4.39 Å². The highest BCUT2D eigenvalue weighted by Gasteiger charge is 2.24. The van der Waals surface area contributed by atoms with Crippen LogP contribution in [0, 0.1) is 5.82 Å². The molecule has 3 rings (SSSR count). The number of piperazine rings is 1. The number of amides is 2. The minimum atomic E-state index is -0.280. The summed E-state index contributed by atoms with van der Waals surface area (Å²) < 4.78 is 18.9. The van der Waals surface area contributed by atoms with E-state index in [0.717, 1.165) is 0 Å². The Morgan fingerprint density at radius 2 is 1.93 bits per heavy atom. The lowest BCUT2D eigenvalue weighted by Crippen LogP contribution is -2.49.